The molecule has 0 N–H and O–H groups in total. The molecule has 0 amide bonds. The summed E-state index contributed by atoms with van der Waals surface area (Å²) in [6.07, 6.45) is 33.7. The van der Waals surface area contributed by atoms with Gasteiger partial charge < -0.3 is 28.6 Å². The minimum atomic E-state index is -1.13. The number of carboxylic acid groups (broad SMARTS) is 1. The van der Waals surface area contributed by atoms with Crippen molar-refractivity contribution < 1.29 is 38.2 Å². The van der Waals surface area contributed by atoms with Crippen molar-refractivity contribution in [2.24, 2.45) is 0 Å². The van der Waals surface area contributed by atoms with Crippen LogP contribution >= 0.6 is 0 Å². The van der Waals surface area contributed by atoms with Gasteiger partial charge in [-0.05, 0) is 51.4 Å². The van der Waals surface area contributed by atoms with Crippen molar-refractivity contribution in [3.05, 3.63) is 24.3 Å². The minimum Gasteiger partial charge on any atom is -0.544 e. The number of ether oxygens (including phenoxy) is 3. The maximum absolute atomic E-state index is 12.5. The van der Waals surface area contributed by atoms with E-state index in [1.165, 1.54) is 96.3 Å². The molecule has 0 radical (unpaired) electrons. The van der Waals surface area contributed by atoms with Crippen LogP contribution in [0, 0.1) is 0 Å². The van der Waals surface area contributed by atoms with Crippen molar-refractivity contribution in [3.8, 4) is 0 Å². The first-order chi connectivity index (χ1) is 23.6. The van der Waals surface area contributed by atoms with E-state index in [4.69, 9.17) is 14.2 Å². The lowest BCUT2D eigenvalue weighted by Crippen LogP contribution is -2.55. The summed E-state index contributed by atoms with van der Waals surface area (Å²) in [4.78, 5) is 36.5. The van der Waals surface area contributed by atoms with Gasteiger partial charge in [-0.1, -0.05) is 122 Å². The van der Waals surface area contributed by atoms with Crippen molar-refractivity contribution in [2.45, 2.75) is 180 Å². The molecule has 286 valence electrons. The minimum absolute atomic E-state index is 0.0259. The number of quaternary nitrogens is 1. The first-order valence-electron chi connectivity index (χ1n) is 19.9. The zero-order valence-electron chi connectivity index (χ0n) is 32.4. The number of rotatable bonds is 35. The standard InChI is InChI=1S/C41H75NO7/c1-6-8-10-12-14-16-17-18-19-20-21-22-23-24-26-27-29-31-39(43)48-36-37(35-47-34-33-38(41(45)46)42(3,4)5)49-40(44)32-30-28-25-15-13-11-9-7-2/h18-19,25,28,37-38H,6-17,20-24,26-27,29-36H2,1-5H3/b19-18+,28-25+. The number of carboxylic acids is 1. The highest BCUT2D eigenvalue weighted by atomic mass is 16.6. The first kappa shape index (κ1) is 46.8. The number of hydrogen-bond donors (Lipinski definition) is 0. The Hall–Kier alpha value is -2.19. The fourth-order valence-electron chi connectivity index (χ4n) is 5.67. The van der Waals surface area contributed by atoms with E-state index in [0.717, 1.165) is 32.1 Å². The summed E-state index contributed by atoms with van der Waals surface area (Å²) in [6, 6.07) is -0.728. The van der Waals surface area contributed by atoms with Crippen LogP contribution in [0.3, 0.4) is 0 Å². The highest BCUT2D eigenvalue weighted by Crippen LogP contribution is 2.13. The number of hydrogen-bond acceptors (Lipinski definition) is 7. The molecule has 0 aliphatic rings. The van der Waals surface area contributed by atoms with Gasteiger partial charge in [0.25, 0.3) is 0 Å². The van der Waals surface area contributed by atoms with E-state index >= 15 is 0 Å². The lowest BCUT2D eigenvalue weighted by atomic mass is 10.1. The summed E-state index contributed by atoms with van der Waals surface area (Å²) in [5, 5.41) is 11.6. The SMILES string of the molecule is CCCCCC/C=C/CCC(=O)OC(COCCC(C(=O)[O-])[N+](C)(C)C)COC(=O)CCCCCCCCC/C=C/CCCCCCCC. The van der Waals surface area contributed by atoms with Crippen LogP contribution in [0.1, 0.15) is 168 Å². The molecule has 0 saturated heterocycles. The lowest BCUT2D eigenvalue weighted by Gasteiger charge is -2.34. The van der Waals surface area contributed by atoms with E-state index in [-0.39, 0.29) is 49.1 Å². The van der Waals surface area contributed by atoms with Crippen LogP contribution in [0.15, 0.2) is 24.3 Å². The summed E-state index contributed by atoms with van der Waals surface area (Å²) >= 11 is 0. The Morgan fingerprint density at radius 1 is 0.592 bits per heavy atom. The Bertz CT molecular complexity index is 864. The largest absolute Gasteiger partial charge is 0.544 e. The summed E-state index contributed by atoms with van der Waals surface area (Å²) in [7, 11) is 5.38. The quantitative estimate of drug-likeness (QED) is 0.0283. The molecule has 8 nitrogen and oxygen atoms in total. The molecule has 0 rings (SSSR count). The molecule has 0 aromatic heterocycles. The molecular formula is C41H75NO7. The van der Waals surface area contributed by atoms with Gasteiger partial charge >= 0.3 is 11.9 Å². The maximum atomic E-state index is 12.5. The molecule has 0 aromatic rings. The van der Waals surface area contributed by atoms with Crippen LogP contribution in [-0.4, -0.2) is 75.5 Å². The Morgan fingerprint density at radius 2 is 1.06 bits per heavy atom. The fraction of sp³-hybridized carbons (Fsp3) is 0.829. The highest BCUT2D eigenvalue weighted by molar-refractivity contribution is 5.70. The van der Waals surface area contributed by atoms with Crippen molar-refractivity contribution in [1.29, 1.82) is 0 Å². The second-order valence-electron chi connectivity index (χ2n) is 14.5. The van der Waals surface area contributed by atoms with Gasteiger partial charge in [0.15, 0.2) is 6.10 Å². The Labute approximate surface area is 301 Å². The first-order valence-corrected chi connectivity index (χ1v) is 19.9. The molecule has 0 saturated carbocycles. The molecule has 0 fully saturated rings. The average molecular weight is 694 g/mol. The third-order valence-corrected chi connectivity index (χ3v) is 8.82. The molecule has 0 aliphatic heterocycles. The smallest absolute Gasteiger partial charge is 0.306 e. The average Bonchev–Trinajstić information content (AvgIpc) is 3.05. The summed E-state index contributed by atoms with van der Waals surface area (Å²) in [5.41, 5.74) is 0. The monoisotopic (exact) mass is 694 g/mol. The van der Waals surface area contributed by atoms with E-state index in [1.807, 2.05) is 6.08 Å². The third-order valence-electron chi connectivity index (χ3n) is 8.82. The molecule has 0 aliphatic carbocycles. The molecule has 8 heteroatoms. The van der Waals surface area contributed by atoms with E-state index in [2.05, 4.69) is 32.1 Å². The number of allylic oxidation sites excluding steroid dienone is 4. The van der Waals surface area contributed by atoms with Gasteiger partial charge in [0.1, 0.15) is 12.6 Å². The Kier molecular flexibility index (Phi) is 31.5. The molecule has 0 aromatic carbocycles. The number of esters is 2. The highest BCUT2D eigenvalue weighted by Gasteiger charge is 2.25. The number of unbranched alkanes of at least 4 members (excludes halogenated alkanes) is 17. The van der Waals surface area contributed by atoms with Gasteiger partial charge in [-0.3, -0.25) is 9.59 Å². The van der Waals surface area contributed by atoms with Crippen LogP contribution in [0.4, 0.5) is 0 Å². The predicted octanol–water partition coefficient (Wildman–Crippen LogP) is 8.80. The van der Waals surface area contributed by atoms with Crippen LogP contribution in [0.2, 0.25) is 0 Å². The van der Waals surface area contributed by atoms with Gasteiger partial charge in [0.2, 0.25) is 0 Å². The van der Waals surface area contributed by atoms with Crippen molar-refractivity contribution >= 4 is 17.9 Å². The van der Waals surface area contributed by atoms with Gasteiger partial charge in [-0.15, -0.1) is 0 Å². The Balaban J connectivity index is 4.32. The molecule has 49 heavy (non-hydrogen) atoms. The topological polar surface area (TPSA) is 102 Å². The van der Waals surface area contributed by atoms with Crippen molar-refractivity contribution in [1.82, 2.24) is 0 Å². The molecule has 2 atom stereocenters. The fourth-order valence-corrected chi connectivity index (χ4v) is 5.67. The van der Waals surface area contributed by atoms with Crippen LogP contribution in [0.5, 0.6) is 0 Å². The number of nitrogens with zero attached hydrogens (tertiary/aromatic N) is 1. The summed E-state index contributed by atoms with van der Waals surface area (Å²) in [6.45, 7) is 4.56. The van der Waals surface area contributed by atoms with Gasteiger partial charge in [-0.2, -0.15) is 0 Å². The molecule has 0 spiro atoms. The van der Waals surface area contributed by atoms with E-state index in [1.54, 1.807) is 21.1 Å². The number of aliphatic carboxylic acids is 1. The normalized spacial score (nSPS) is 13.2. The number of likely N-dealkylation sites (N-methyl/N-ethyl adjacent to an activating group) is 1. The third kappa shape index (κ3) is 31.5. The zero-order valence-corrected chi connectivity index (χ0v) is 32.4. The van der Waals surface area contributed by atoms with E-state index in [0.29, 0.717) is 12.8 Å². The molecular weight excluding hydrogens is 618 g/mol. The van der Waals surface area contributed by atoms with Crippen LogP contribution < -0.4 is 5.11 Å². The van der Waals surface area contributed by atoms with Crippen LogP contribution in [-0.2, 0) is 28.6 Å². The predicted molar refractivity (Wildman–Crippen MR) is 199 cm³/mol. The second-order valence-corrected chi connectivity index (χ2v) is 14.5. The van der Waals surface area contributed by atoms with Crippen molar-refractivity contribution in [3.63, 3.8) is 0 Å². The van der Waals surface area contributed by atoms with Crippen molar-refractivity contribution in [2.75, 3.05) is 41.0 Å². The van der Waals surface area contributed by atoms with E-state index in [9.17, 15) is 19.5 Å². The molecule has 0 heterocycles. The molecule has 2 unspecified atom stereocenters. The Morgan fingerprint density at radius 3 is 1.57 bits per heavy atom. The number of carbonyl (C=O) groups excluding carboxylic acids is 3. The maximum Gasteiger partial charge on any atom is 0.306 e. The summed E-state index contributed by atoms with van der Waals surface area (Å²) < 4.78 is 17.0. The van der Waals surface area contributed by atoms with Crippen LogP contribution in [0.25, 0.3) is 0 Å². The zero-order chi connectivity index (χ0) is 36.4. The summed E-state index contributed by atoms with van der Waals surface area (Å²) in [5.74, 6) is -1.81. The van der Waals surface area contributed by atoms with Gasteiger partial charge in [-0.25, -0.2) is 0 Å². The lowest BCUT2D eigenvalue weighted by molar-refractivity contribution is -0.889. The van der Waals surface area contributed by atoms with E-state index < -0.39 is 18.1 Å². The van der Waals surface area contributed by atoms with Gasteiger partial charge in [0, 0.05) is 19.3 Å². The number of carbonyl (C=O) groups is 3. The molecule has 0 bridgehead atoms. The second kappa shape index (κ2) is 33.0. The van der Waals surface area contributed by atoms with Gasteiger partial charge in [0.05, 0.1) is 40.3 Å².